The van der Waals surface area contributed by atoms with Crippen LogP contribution < -0.4 is 5.32 Å². The number of benzene rings is 2. The van der Waals surface area contributed by atoms with Crippen LogP contribution in [0.15, 0.2) is 42.5 Å². The minimum Gasteiger partial charge on any atom is -0.452 e. The van der Waals surface area contributed by atoms with Crippen LogP contribution in [-0.4, -0.2) is 41.9 Å². The molecule has 1 fully saturated rings. The van der Waals surface area contributed by atoms with E-state index in [0.29, 0.717) is 31.5 Å². The Morgan fingerprint density at radius 3 is 2.35 bits per heavy atom. The molecule has 6 nitrogen and oxygen atoms in total. The number of esters is 1. The number of nitrogens with one attached hydrogen (secondary N) is 1. The molecule has 0 radical (unpaired) electrons. The van der Waals surface area contributed by atoms with E-state index in [1.165, 1.54) is 0 Å². The molecular weight excluding hydrogens is 392 g/mol. The Hall–Kier alpha value is -3.15. The number of carbonyl (C=O) groups excluding carboxylic acids is 3. The van der Waals surface area contributed by atoms with Gasteiger partial charge in [0.05, 0.1) is 5.92 Å². The maximum atomic E-state index is 12.7. The second-order valence-corrected chi connectivity index (χ2v) is 8.27. The van der Waals surface area contributed by atoms with Gasteiger partial charge in [-0.05, 0) is 69.4 Å². The van der Waals surface area contributed by atoms with E-state index in [0.717, 1.165) is 22.4 Å². The van der Waals surface area contributed by atoms with E-state index in [1.807, 2.05) is 63.2 Å². The van der Waals surface area contributed by atoms with Crippen molar-refractivity contribution in [2.75, 3.05) is 18.4 Å². The fraction of sp³-hybridized carbons (Fsp3) is 0.400. The average molecular weight is 423 g/mol. The van der Waals surface area contributed by atoms with Crippen molar-refractivity contribution in [1.29, 1.82) is 0 Å². The zero-order valence-electron chi connectivity index (χ0n) is 18.6. The highest BCUT2D eigenvalue weighted by Gasteiger charge is 2.31. The molecule has 2 amide bonds. The van der Waals surface area contributed by atoms with Crippen LogP contribution in [0.3, 0.4) is 0 Å². The topological polar surface area (TPSA) is 75.7 Å². The number of piperidine rings is 1. The standard InChI is InChI=1S/C25H30N2O4/c1-16-9-10-18(3)22(15-16)26-23(28)19(4)31-25(30)20-11-13-27(14-12-20)24(29)21-8-6-5-7-17(21)2/h5-10,15,19-20H,11-14H2,1-4H3,(H,26,28)/t19-/m1/s1. The molecule has 3 rings (SSSR count). The van der Waals surface area contributed by atoms with Crippen LogP contribution in [0.2, 0.25) is 0 Å². The number of hydrogen-bond acceptors (Lipinski definition) is 4. The number of rotatable bonds is 5. The van der Waals surface area contributed by atoms with Crippen LogP contribution >= 0.6 is 0 Å². The molecule has 0 spiro atoms. The van der Waals surface area contributed by atoms with Crippen molar-refractivity contribution in [3.63, 3.8) is 0 Å². The Kier molecular flexibility index (Phi) is 7.10. The molecule has 0 aliphatic carbocycles. The third-order valence-corrected chi connectivity index (χ3v) is 5.80. The summed E-state index contributed by atoms with van der Waals surface area (Å²) < 4.78 is 5.44. The largest absolute Gasteiger partial charge is 0.452 e. The van der Waals surface area contributed by atoms with Crippen LogP contribution in [0.5, 0.6) is 0 Å². The van der Waals surface area contributed by atoms with Crippen molar-refractivity contribution in [1.82, 2.24) is 4.90 Å². The van der Waals surface area contributed by atoms with Crippen molar-refractivity contribution >= 4 is 23.5 Å². The normalized spacial score (nSPS) is 15.3. The molecule has 6 heteroatoms. The molecule has 2 aromatic rings. The second kappa shape index (κ2) is 9.77. The maximum absolute atomic E-state index is 12.7. The molecule has 1 atom stereocenters. The fourth-order valence-corrected chi connectivity index (χ4v) is 3.73. The van der Waals surface area contributed by atoms with Crippen molar-refractivity contribution in [3.05, 3.63) is 64.7 Å². The number of carbonyl (C=O) groups is 3. The lowest BCUT2D eigenvalue weighted by atomic mass is 9.96. The molecule has 1 N–H and O–H groups in total. The van der Waals surface area contributed by atoms with Crippen LogP contribution in [0.25, 0.3) is 0 Å². The van der Waals surface area contributed by atoms with E-state index in [1.54, 1.807) is 11.8 Å². The first-order valence-electron chi connectivity index (χ1n) is 10.7. The molecule has 1 aliphatic heterocycles. The summed E-state index contributed by atoms with van der Waals surface area (Å²) in [4.78, 5) is 39.6. The van der Waals surface area contributed by atoms with E-state index < -0.39 is 6.10 Å². The molecule has 0 saturated carbocycles. The SMILES string of the molecule is Cc1ccc(C)c(NC(=O)[C@@H](C)OC(=O)C2CCN(C(=O)c3ccccc3C)CC2)c1. The molecule has 1 saturated heterocycles. The summed E-state index contributed by atoms with van der Waals surface area (Å²) in [6.45, 7) is 8.36. The van der Waals surface area contributed by atoms with Gasteiger partial charge in [0.1, 0.15) is 0 Å². The van der Waals surface area contributed by atoms with Gasteiger partial charge in [-0.2, -0.15) is 0 Å². The molecule has 164 valence electrons. The van der Waals surface area contributed by atoms with Gasteiger partial charge in [-0.15, -0.1) is 0 Å². The molecule has 31 heavy (non-hydrogen) atoms. The number of hydrogen-bond donors (Lipinski definition) is 1. The summed E-state index contributed by atoms with van der Waals surface area (Å²) in [6, 6.07) is 13.3. The van der Waals surface area contributed by atoms with Gasteiger partial charge >= 0.3 is 5.97 Å². The lowest BCUT2D eigenvalue weighted by molar-refractivity contribution is -0.158. The number of nitrogens with zero attached hydrogens (tertiary/aromatic N) is 1. The van der Waals surface area contributed by atoms with Crippen molar-refractivity contribution in [2.24, 2.45) is 5.92 Å². The monoisotopic (exact) mass is 422 g/mol. The summed E-state index contributed by atoms with van der Waals surface area (Å²) in [5.74, 6) is -1.05. The lowest BCUT2D eigenvalue weighted by Gasteiger charge is -2.31. The summed E-state index contributed by atoms with van der Waals surface area (Å²) in [5.41, 5.74) is 4.34. The number of anilines is 1. The lowest BCUT2D eigenvalue weighted by Crippen LogP contribution is -2.42. The molecular formula is C25H30N2O4. The average Bonchev–Trinajstić information content (AvgIpc) is 2.76. The highest BCUT2D eigenvalue weighted by atomic mass is 16.5. The first-order valence-corrected chi connectivity index (χ1v) is 10.7. The summed E-state index contributed by atoms with van der Waals surface area (Å²) >= 11 is 0. The highest BCUT2D eigenvalue weighted by molar-refractivity contribution is 5.96. The van der Waals surface area contributed by atoms with Crippen molar-refractivity contribution in [2.45, 2.75) is 46.6 Å². The van der Waals surface area contributed by atoms with E-state index >= 15 is 0 Å². The highest BCUT2D eigenvalue weighted by Crippen LogP contribution is 2.22. The summed E-state index contributed by atoms with van der Waals surface area (Å²) in [7, 11) is 0. The smallest absolute Gasteiger partial charge is 0.309 e. The Labute approximate surface area is 183 Å². The van der Waals surface area contributed by atoms with Gasteiger partial charge in [-0.25, -0.2) is 0 Å². The van der Waals surface area contributed by atoms with Gasteiger partial charge in [0.25, 0.3) is 11.8 Å². The number of ether oxygens (including phenoxy) is 1. The summed E-state index contributed by atoms with van der Waals surface area (Å²) in [6.07, 6.45) is 0.169. The van der Waals surface area contributed by atoms with Gasteiger partial charge in [-0.1, -0.05) is 30.3 Å². The van der Waals surface area contributed by atoms with Gasteiger partial charge in [0.2, 0.25) is 0 Å². The summed E-state index contributed by atoms with van der Waals surface area (Å²) in [5, 5.41) is 2.84. The maximum Gasteiger partial charge on any atom is 0.309 e. The minimum atomic E-state index is -0.890. The third-order valence-electron chi connectivity index (χ3n) is 5.80. The van der Waals surface area contributed by atoms with Crippen LogP contribution in [0.4, 0.5) is 5.69 Å². The minimum absolute atomic E-state index is 0.00816. The first-order chi connectivity index (χ1) is 14.8. The molecule has 0 aromatic heterocycles. The van der Waals surface area contributed by atoms with E-state index in [9.17, 15) is 14.4 Å². The second-order valence-electron chi connectivity index (χ2n) is 8.27. The number of amides is 2. The number of likely N-dealkylation sites (tertiary alicyclic amines) is 1. The third kappa shape index (κ3) is 5.51. The van der Waals surface area contributed by atoms with Crippen LogP contribution in [-0.2, 0) is 14.3 Å². The first kappa shape index (κ1) is 22.5. The predicted octanol–water partition coefficient (Wildman–Crippen LogP) is 4.03. The van der Waals surface area contributed by atoms with Crippen LogP contribution in [0, 0.1) is 26.7 Å². The molecule has 0 unspecified atom stereocenters. The Balaban J connectivity index is 1.51. The van der Waals surface area contributed by atoms with Gasteiger partial charge in [0, 0.05) is 24.3 Å². The molecule has 1 heterocycles. The molecule has 1 aliphatic rings. The van der Waals surface area contributed by atoms with Gasteiger partial charge in [-0.3, -0.25) is 14.4 Å². The fourth-order valence-electron chi connectivity index (χ4n) is 3.73. The van der Waals surface area contributed by atoms with Gasteiger partial charge < -0.3 is 15.0 Å². The quantitative estimate of drug-likeness (QED) is 0.738. The Bertz CT molecular complexity index is 977. The van der Waals surface area contributed by atoms with E-state index in [4.69, 9.17) is 4.74 Å². The van der Waals surface area contributed by atoms with Crippen molar-refractivity contribution < 1.29 is 19.1 Å². The van der Waals surface area contributed by atoms with E-state index in [2.05, 4.69) is 5.32 Å². The molecule has 0 bridgehead atoms. The predicted molar refractivity (Wildman–Crippen MR) is 120 cm³/mol. The molecule has 2 aromatic carbocycles. The zero-order valence-corrected chi connectivity index (χ0v) is 18.6. The van der Waals surface area contributed by atoms with E-state index in [-0.39, 0.29) is 23.7 Å². The Morgan fingerprint density at radius 1 is 1.00 bits per heavy atom. The Morgan fingerprint density at radius 2 is 1.68 bits per heavy atom. The van der Waals surface area contributed by atoms with Crippen molar-refractivity contribution in [3.8, 4) is 0 Å². The van der Waals surface area contributed by atoms with Gasteiger partial charge in [0.15, 0.2) is 6.10 Å². The van der Waals surface area contributed by atoms with Crippen LogP contribution in [0.1, 0.15) is 46.8 Å². The number of aryl methyl sites for hydroxylation is 3. The zero-order chi connectivity index (χ0) is 22.5.